The molecule has 0 saturated heterocycles. The normalized spacial score (nSPS) is 14.4. The van der Waals surface area contributed by atoms with Gasteiger partial charge >= 0.3 is 0 Å². The average molecular weight is 299 g/mol. The Labute approximate surface area is 130 Å². The van der Waals surface area contributed by atoms with E-state index in [0.29, 0.717) is 34.5 Å². The first-order valence-corrected chi connectivity index (χ1v) is 7.10. The van der Waals surface area contributed by atoms with E-state index >= 15 is 0 Å². The third-order valence-electron chi connectivity index (χ3n) is 3.54. The summed E-state index contributed by atoms with van der Waals surface area (Å²) in [5.41, 5.74) is 2.14. The first kappa shape index (κ1) is 16.0. The Kier molecular flexibility index (Phi) is 4.78. The van der Waals surface area contributed by atoms with Gasteiger partial charge in [0.25, 0.3) is 0 Å². The Morgan fingerprint density at radius 3 is 2.64 bits per heavy atom. The van der Waals surface area contributed by atoms with Crippen molar-refractivity contribution in [3.8, 4) is 0 Å². The van der Waals surface area contributed by atoms with Gasteiger partial charge in [0, 0.05) is 11.5 Å². The zero-order valence-corrected chi connectivity index (χ0v) is 13.0. The minimum atomic E-state index is -0.0203. The minimum Gasteiger partial charge on any atom is -0.484 e. The highest BCUT2D eigenvalue weighted by Gasteiger charge is 2.29. The van der Waals surface area contributed by atoms with Crippen molar-refractivity contribution in [3.63, 3.8) is 0 Å². The molecule has 0 unspecified atom stereocenters. The number of hydrogen-bond donors (Lipinski definition) is 1. The number of hydrazine groups is 1. The molecule has 0 aliphatic heterocycles. The van der Waals surface area contributed by atoms with Gasteiger partial charge < -0.3 is 4.74 Å². The number of benzene rings is 1. The summed E-state index contributed by atoms with van der Waals surface area (Å²) in [6.07, 6.45) is 2.17. The monoisotopic (exact) mass is 299 g/mol. The van der Waals surface area contributed by atoms with Crippen LogP contribution < -0.4 is 10.9 Å². The molecule has 1 saturated carbocycles. The summed E-state index contributed by atoms with van der Waals surface area (Å²) < 4.78 is 5.28. The van der Waals surface area contributed by atoms with Crippen LogP contribution in [0.5, 0.6) is 0 Å². The molecule has 0 aromatic heterocycles. The first-order chi connectivity index (χ1) is 10.4. The number of aliphatic imine (C=N–C) groups is 1. The zero-order chi connectivity index (χ0) is 16.3. The van der Waals surface area contributed by atoms with Gasteiger partial charge in [-0.05, 0) is 31.9 Å². The van der Waals surface area contributed by atoms with Gasteiger partial charge in [0.1, 0.15) is 0 Å². The molecule has 2 rings (SSSR count). The highest BCUT2D eigenvalue weighted by atomic mass is 16.5. The number of carbonyl (C=O) groups excluding carboxylic acids is 1. The lowest BCUT2D eigenvalue weighted by Crippen LogP contribution is -2.30. The lowest BCUT2D eigenvalue weighted by atomic mass is 10.1. The Morgan fingerprint density at radius 1 is 1.41 bits per heavy atom. The van der Waals surface area contributed by atoms with Crippen LogP contribution in [0.1, 0.15) is 30.1 Å². The summed E-state index contributed by atoms with van der Waals surface area (Å²) in [4.78, 5) is 15.8. The van der Waals surface area contributed by atoms with E-state index in [1.807, 2.05) is 0 Å². The Morgan fingerprint density at radius 2 is 2.09 bits per heavy atom. The molecule has 2 N–H and O–H groups in total. The number of methoxy groups -OCH3 is 1. The number of ether oxygens (including phenoxy) is 1. The molecule has 0 heterocycles. The Hall–Kier alpha value is -2.40. The highest BCUT2D eigenvalue weighted by Crippen LogP contribution is 2.32. The van der Waals surface area contributed by atoms with Crippen LogP contribution in [0.4, 0.5) is 5.69 Å². The zero-order valence-electron chi connectivity index (χ0n) is 13.0. The summed E-state index contributed by atoms with van der Waals surface area (Å²) in [5, 5.41) is 1.37. The number of nitrogens with zero attached hydrogens (tertiary/aromatic N) is 2. The van der Waals surface area contributed by atoms with E-state index < -0.39 is 0 Å². The van der Waals surface area contributed by atoms with Crippen molar-refractivity contribution in [2.45, 2.75) is 19.8 Å². The molecule has 5 nitrogen and oxygen atoms in total. The van der Waals surface area contributed by atoms with Crippen molar-refractivity contribution in [2.75, 3.05) is 12.1 Å². The van der Waals surface area contributed by atoms with Crippen LogP contribution in [0.15, 0.2) is 53.8 Å². The van der Waals surface area contributed by atoms with Gasteiger partial charge in [0.15, 0.2) is 11.7 Å². The van der Waals surface area contributed by atoms with E-state index in [0.717, 1.165) is 12.8 Å². The molecule has 1 aromatic rings. The molecule has 1 fully saturated rings. The number of rotatable bonds is 6. The smallest absolute Gasteiger partial charge is 0.191 e. The molecule has 1 aliphatic carbocycles. The fourth-order valence-electron chi connectivity index (χ4n) is 2.00. The molecule has 22 heavy (non-hydrogen) atoms. The van der Waals surface area contributed by atoms with Crippen LogP contribution in [0.2, 0.25) is 0 Å². The number of Topliss-reactive ketones (excluding diaryl/α,β-unsaturated/α-hetero) is 1. The van der Waals surface area contributed by atoms with Gasteiger partial charge in [-0.25, -0.2) is 10.8 Å². The first-order valence-electron chi connectivity index (χ1n) is 7.10. The SMILES string of the molecule is C=C(/N=C(\OC)C1CC1)C(=C)N(N)c1cccc(C(C)=O)c1. The van der Waals surface area contributed by atoms with E-state index in [9.17, 15) is 4.79 Å². The van der Waals surface area contributed by atoms with E-state index in [1.54, 1.807) is 31.4 Å². The quantitative estimate of drug-likeness (QED) is 0.219. The van der Waals surface area contributed by atoms with Gasteiger partial charge in [-0.1, -0.05) is 25.3 Å². The largest absolute Gasteiger partial charge is 0.484 e. The maximum absolute atomic E-state index is 11.5. The average Bonchev–Trinajstić information content (AvgIpc) is 3.35. The van der Waals surface area contributed by atoms with Crippen LogP contribution >= 0.6 is 0 Å². The number of nitrogens with two attached hydrogens (primary N) is 1. The fraction of sp³-hybridized carbons (Fsp3) is 0.294. The van der Waals surface area contributed by atoms with Crippen LogP contribution in [0.25, 0.3) is 0 Å². The summed E-state index contributed by atoms with van der Waals surface area (Å²) >= 11 is 0. The van der Waals surface area contributed by atoms with E-state index in [4.69, 9.17) is 10.6 Å². The second kappa shape index (κ2) is 6.58. The molecule has 0 radical (unpaired) electrons. The maximum atomic E-state index is 11.5. The van der Waals surface area contributed by atoms with Crippen LogP contribution in [-0.2, 0) is 4.74 Å². The second-order valence-corrected chi connectivity index (χ2v) is 5.30. The molecular weight excluding hydrogens is 278 g/mol. The number of carbonyl (C=O) groups is 1. The van der Waals surface area contributed by atoms with Crippen molar-refractivity contribution < 1.29 is 9.53 Å². The maximum Gasteiger partial charge on any atom is 0.191 e. The third-order valence-corrected chi connectivity index (χ3v) is 3.54. The van der Waals surface area contributed by atoms with E-state index in [2.05, 4.69) is 18.2 Å². The van der Waals surface area contributed by atoms with Gasteiger partial charge in [0.2, 0.25) is 0 Å². The lowest BCUT2D eigenvalue weighted by Gasteiger charge is -2.21. The molecule has 0 spiro atoms. The van der Waals surface area contributed by atoms with Crippen LogP contribution in [-0.4, -0.2) is 18.8 Å². The molecule has 0 atom stereocenters. The standard InChI is InChI=1S/C17H21N3O2/c1-11(19-17(22-4)14-8-9-14)12(2)20(18)16-7-5-6-15(10-16)13(3)21/h5-7,10,14H,1-2,8-9,18H2,3-4H3/b19-17-. The molecule has 5 heteroatoms. The molecule has 0 amide bonds. The number of anilines is 1. The fourth-order valence-corrected chi connectivity index (χ4v) is 2.00. The number of ketones is 1. The van der Waals surface area contributed by atoms with Crippen molar-refractivity contribution >= 4 is 17.4 Å². The minimum absolute atomic E-state index is 0.0203. The molecule has 0 bridgehead atoms. The Bertz CT molecular complexity index is 645. The molecular formula is C17H21N3O2. The third kappa shape index (κ3) is 3.62. The second-order valence-electron chi connectivity index (χ2n) is 5.30. The van der Waals surface area contributed by atoms with Gasteiger partial charge in [-0.15, -0.1) is 0 Å². The van der Waals surface area contributed by atoms with E-state index in [1.165, 1.54) is 11.9 Å². The number of hydrogen-bond acceptors (Lipinski definition) is 5. The molecule has 1 aliphatic rings. The van der Waals surface area contributed by atoms with Gasteiger partial charge in [-0.2, -0.15) is 0 Å². The summed E-state index contributed by atoms with van der Waals surface area (Å²) in [6.45, 7) is 9.34. The van der Waals surface area contributed by atoms with Gasteiger partial charge in [0.05, 0.1) is 24.2 Å². The van der Waals surface area contributed by atoms with Crippen molar-refractivity contribution in [1.82, 2.24) is 0 Å². The van der Waals surface area contributed by atoms with Crippen molar-refractivity contribution in [1.29, 1.82) is 0 Å². The van der Waals surface area contributed by atoms with E-state index in [-0.39, 0.29) is 5.78 Å². The van der Waals surface area contributed by atoms with Crippen molar-refractivity contribution in [2.24, 2.45) is 16.8 Å². The predicted octanol–water partition coefficient (Wildman–Crippen LogP) is 3.05. The molecule has 1 aromatic carbocycles. The summed E-state index contributed by atoms with van der Waals surface area (Å²) in [7, 11) is 1.60. The van der Waals surface area contributed by atoms with Crippen molar-refractivity contribution in [3.05, 3.63) is 54.4 Å². The predicted molar refractivity (Wildman–Crippen MR) is 88.6 cm³/mol. The topological polar surface area (TPSA) is 67.9 Å². The van der Waals surface area contributed by atoms with Gasteiger partial charge in [-0.3, -0.25) is 9.80 Å². The lowest BCUT2D eigenvalue weighted by molar-refractivity contribution is 0.101. The highest BCUT2D eigenvalue weighted by molar-refractivity contribution is 5.95. The molecule has 116 valence electrons. The Balaban J connectivity index is 2.16. The van der Waals surface area contributed by atoms with Crippen LogP contribution in [0.3, 0.4) is 0 Å². The summed E-state index contributed by atoms with van der Waals surface area (Å²) in [5.74, 6) is 7.09. The van der Waals surface area contributed by atoms with Crippen LogP contribution in [0, 0.1) is 5.92 Å². The summed E-state index contributed by atoms with van der Waals surface area (Å²) in [6, 6.07) is 7.02.